The molecule has 0 radical (unpaired) electrons. The fourth-order valence-electron chi connectivity index (χ4n) is 1.82. The first-order valence-electron chi connectivity index (χ1n) is 6.35. The molecule has 2 rings (SSSR count). The minimum atomic E-state index is 0.475. The maximum Gasteiger partial charge on any atom is 0.131 e. The second-order valence-electron chi connectivity index (χ2n) is 4.57. The molecule has 0 aliphatic carbocycles. The summed E-state index contributed by atoms with van der Waals surface area (Å²) >= 11 is 1.70. The van der Waals surface area contributed by atoms with Gasteiger partial charge in [0.25, 0.3) is 0 Å². The summed E-state index contributed by atoms with van der Waals surface area (Å²) in [6.07, 6.45) is 0.993. The van der Waals surface area contributed by atoms with Crippen molar-refractivity contribution >= 4 is 11.3 Å². The third-order valence-corrected chi connectivity index (χ3v) is 3.86. The molecule has 0 saturated carbocycles. The van der Waals surface area contributed by atoms with E-state index in [1.165, 1.54) is 10.6 Å². The Morgan fingerprint density at radius 3 is 2.72 bits per heavy atom. The van der Waals surface area contributed by atoms with Gasteiger partial charge in [0.15, 0.2) is 0 Å². The summed E-state index contributed by atoms with van der Waals surface area (Å²) in [6.45, 7) is 7.04. The molecule has 1 heterocycles. The number of nitrogens with zero attached hydrogens (tertiary/aromatic N) is 1. The van der Waals surface area contributed by atoms with Crippen LogP contribution in [0.3, 0.4) is 0 Å². The van der Waals surface area contributed by atoms with E-state index in [0.29, 0.717) is 12.5 Å². The Hall–Kier alpha value is -1.35. The summed E-state index contributed by atoms with van der Waals surface area (Å²) in [7, 11) is 0. The Morgan fingerprint density at radius 1 is 1.28 bits per heavy atom. The van der Waals surface area contributed by atoms with Crippen LogP contribution in [-0.4, -0.2) is 4.98 Å². The van der Waals surface area contributed by atoms with Crippen molar-refractivity contribution in [1.29, 1.82) is 0 Å². The molecule has 0 amide bonds. The fourth-order valence-corrected chi connectivity index (χ4v) is 2.55. The topological polar surface area (TPSA) is 22.1 Å². The molecule has 0 aliphatic heterocycles. The van der Waals surface area contributed by atoms with Crippen molar-refractivity contribution in [3.63, 3.8) is 0 Å². The highest BCUT2D eigenvalue weighted by Crippen LogP contribution is 2.26. The number of ether oxygens (including phenoxy) is 1. The highest BCUT2D eigenvalue weighted by Gasteiger charge is 2.08. The molecule has 0 N–H and O–H groups in total. The average Bonchev–Trinajstić information content (AvgIpc) is 2.84. The second kappa shape index (κ2) is 6.01. The first-order valence-corrected chi connectivity index (χ1v) is 7.23. The summed E-state index contributed by atoms with van der Waals surface area (Å²) < 4.78 is 5.89. The lowest BCUT2D eigenvalue weighted by Crippen LogP contribution is -2.00. The minimum Gasteiger partial charge on any atom is -0.487 e. The van der Waals surface area contributed by atoms with Crippen LogP contribution in [0.2, 0.25) is 0 Å². The fraction of sp³-hybridized carbons (Fsp3) is 0.400. The minimum absolute atomic E-state index is 0.475. The van der Waals surface area contributed by atoms with E-state index in [2.05, 4.69) is 43.3 Å². The van der Waals surface area contributed by atoms with Crippen LogP contribution in [0, 0.1) is 0 Å². The number of rotatable bonds is 5. The predicted molar refractivity (Wildman–Crippen MR) is 76.4 cm³/mol. The van der Waals surface area contributed by atoms with E-state index < -0.39 is 0 Å². The van der Waals surface area contributed by atoms with Gasteiger partial charge in [-0.05, 0) is 24.0 Å². The Morgan fingerprint density at radius 2 is 2.06 bits per heavy atom. The molecule has 96 valence electrons. The van der Waals surface area contributed by atoms with Crippen molar-refractivity contribution in [1.82, 2.24) is 4.98 Å². The number of para-hydroxylation sites is 1. The monoisotopic (exact) mass is 261 g/mol. The Kier molecular flexibility index (Phi) is 4.37. The van der Waals surface area contributed by atoms with Gasteiger partial charge in [-0.2, -0.15) is 0 Å². The molecule has 0 spiro atoms. The predicted octanol–water partition coefficient (Wildman–Crippen LogP) is 4.41. The zero-order valence-electron chi connectivity index (χ0n) is 11.1. The van der Waals surface area contributed by atoms with Crippen LogP contribution in [0.5, 0.6) is 5.75 Å². The molecular formula is C15H19NOS. The first-order chi connectivity index (χ1) is 8.70. The zero-order valence-corrected chi connectivity index (χ0v) is 12.0. The van der Waals surface area contributed by atoms with Gasteiger partial charge in [0.05, 0.1) is 10.7 Å². The van der Waals surface area contributed by atoms with Gasteiger partial charge in [0.1, 0.15) is 12.4 Å². The molecule has 1 aromatic carbocycles. The van der Waals surface area contributed by atoms with Gasteiger partial charge in [0.2, 0.25) is 0 Å². The summed E-state index contributed by atoms with van der Waals surface area (Å²) in [5.41, 5.74) is 2.28. The normalized spacial score (nSPS) is 10.9. The maximum atomic E-state index is 5.89. The van der Waals surface area contributed by atoms with Gasteiger partial charge in [-0.3, -0.25) is 0 Å². The molecular weight excluding hydrogens is 242 g/mol. The van der Waals surface area contributed by atoms with E-state index in [9.17, 15) is 0 Å². The Labute approximate surface area is 113 Å². The largest absolute Gasteiger partial charge is 0.487 e. The third kappa shape index (κ3) is 3.10. The molecule has 0 atom stereocenters. The van der Waals surface area contributed by atoms with Crippen molar-refractivity contribution in [2.75, 3.05) is 0 Å². The van der Waals surface area contributed by atoms with Crippen LogP contribution >= 0.6 is 11.3 Å². The number of thiazole rings is 1. The Balaban J connectivity index is 2.05. The van der Waals surface area contributed by atoms with Crippen LogP contribution in [0.15, 0.2) is 29.6 Å². The van der Waals surface area contributed by atoms with E-state index in [1.54, 1.807) is 11.3 Å². The first kappa shape index (κ1) is 13.1. The molecule has 0 saturated heterocycles. The molecule has 0 unspecified atom stereocenters. The molecule has 3 heteroatoms. The van der Waals surface area contributed by atoms with E-state index >= 15 is 0 Å². The van der Waals surface area contributed by atoms with Gasteiger partial charge in [0, 0.05) is 5.38 Å². The van der Waals surface area contributed by atoms with Crippen molar-refractivity contribution in [3.05, 3.63) is 45.9 Å². The van der Waals surface area contributed by atoms with E-state index in [0.717, 1.165) is 17.9 Å². The van der Waals surface area contributed by atoms with Gasteiger partial charge >= 0.3 is 0 Å². The number of hydrogen-bond acceptors (Lipinski definition) is 3. The summed E-state index contributed by atoms with van der Waals surface area (Å²) in [4.78, 5) is 4.51. The van der Waals surface area contributed by atoms with Crippen LogP contribution in [0.25, 0.3) is 0 Å². The lowest BCUT2D eigenvalue weighted by Gasteiger charge is -2.12. The van der Waals surface area contributed by atoms with Crippen molar-refractivity contribution < 1.29 is 4.74 Å². The van der Waals surface area contributed by atoms with Gasteiger partial charge in [-0.15, -0.1) is 11.3 Å². The molecule has 1 aromatic heterocycles. The zero-order chi connectivity index (χ0) is 13.0. The Bertz CT molecular complexity index is 505. The van der Waals surface area contributed by atoms with Crippen molar-refractivity contribution in [2.45, 2.75) is 39.7 Å². The highest BCUT2D eigenvalue weighted by atomic mass is 32.1. The summed E-state index contributed by atoms with van der Waals surface area (Å²) in [6, 6.07) is 8.22. The number of benzene rings is 1. The van der Waals surface area contributed by atoms with Gasteiger partial charge < -0.3 is 4.74 Å². The third-order valence-electron chi connectivity index (χ3n) is 2.82. The average molecular weight is 261 g/mol. The maximum absolute atomic E-state index is 5.89. The van der Waals surface area contributed by atoms with Gasteiger partial charge in [-0.1, -0.05) is 39.0 Å². The standard InChI is InChI=1S/C15H19NOS/c1-4-15-16-12(10-18-15)9-17-14-8-6-5-7-13(14)11(2)3/h5-8,10-11H,4,9H2,1-3H3. The molecule has 0 bridgehead atoms. The lowest BCUT2D eigenvalue weighted by molar-refractivity contribution is 0.297. The van der Waals surface area contributed by atoms with Crippen LogP contribution in [0.4, 0.5) is 0 Å². The SMILES string of the molecule is CCc1nc(COc2ccccc2C(C)C)cs1. The highest BCUT2D eigenvalue weighted by molar-refractivity contribution is 7.09. The molecule has 0 fully saturated rings. The quantitative estimate of drug-likeness (QED) is 0.795. The van der Waals surface area contributed by atoms with E-state index in [4.69, 9.17) is 4.74 Å². The lowest BCUT2D eigenvalue weighted by atomic mass is 10.0. The van der Waals surface area contributed by atoms with Crippen LogP contribution in [0.1, 0.15) is 43.0 Å². The van der Waals surface area contributed by atoms with Crippen molar-refractivity contribution in [2.24, 2.45) is 0 Å². The smallest absolute Gasteiger partial charge is 0.131 e. The van der Waals surface area contributed by atoms with E-state index in [-0.39, 0.29) is 0 Å². The number of aryl methyl sites for hydroxylation is 1. The molecule has 2 aromatic rings. The van der Waals surface area contributed by atoms with E-state index in [1.807, 2.05) is 12.1 Å². The van der Waals surface area contributed by atoms with Gasteiger partial charge in [-0.25, -0.2) is 4.98 Å². The van der Waals surface area contributed by atoms with Crippen LogP contribution in [-0.2, 0) is 13.0 Å². The second-order valence-corrected chi connectivity index (χ2v) is 5.51. The molecule has 18 heavy (non-hydrogen) atoms. The number of hydrogen-bond donors (Lipinski definition) is 0. The molecule has 0 aliphatic rings. The van der Waals surface area contributed by atoms with Crippen LogP contribution < -0.4 is 4.74 Å². The molecule has 2 nitrogen and oxygen atoms in total. The summed E-state index contributed by atoms with van der Waals surface area (Å²) in [5, 5.41) is 3.25. The number of aromatic nitrogens is 1. The summed E-state index contributed by atoms with van der Waals surface area (Å²) in [5.74, 6) is 1.45. The van der Waals surface area contributed by atoms with Crippen molar-refractivity contribution in [3.8, 4) is 5.75 Å².